The summed E-state index contributed by atoms with van der Waals surface area (Å²) in [5.41, 5.74) is -3.89. The molecule has 0 saturated heterocycles. The highest BCUT2D eigenvalue weighted by Crippen LogP contribution is 2.31. The lowest BCUT2D eigenvalue weighted by Gasteiger charge is -2.24. The number of rotatable bonds is 8. The minimum absolute atomic E-state index is 0.0987. The minimum Gasteiger partial charge on any atom is -0.478 e. The molecule has 0 spiro atoms. The molecule has 4 aromatic rings. The maximum absolute atomic E-state index is 13.4. The van der Waals surface area contributed by atoms with E-state index in [1.807, 2.05) is 0 Å². The number of halogens is 6. The Morgan fingerprint density at radius 2 is 1.11 bits per heavy atom. The van der Waals surface area contributed by atoms with Crippen LogP contribution in [0.3, 0.4) is 0 Å². The van der Waals surface area contributed by atoms with Crippen molar-refractivity contribution in [2.45, 2.75) is 24.6 Å². The zero-order chi connectivity index (χ0) is 32.2. The molecule has 228 valence electrons. The van der Waals surface area contributed by atoms with Gasteiger partial charge in [0.25, 0.3) is 5.91 Å². The van der Waals surface area contributed by atoms with Gasteiger partial charge in [-0.1, -0.05) is 48.5 Å². The smallest absolute Gasteiger partial charge is 0.416 e. The summed E-state index contributed by atoms with van der Waals surface area (Å²) < 4.78 is 89.0. The molecular weight excluding hydrogens is 600 g/mol. The Labute approximate surface area is 243 Å². The Bertz CT molecular complexity index is 1730. The molecule has 0 bridgehead atoms. The molecule has 0 aromatic heterocycles. The number of carboxylic acid groups (broad SMARTS) is 1. The number of carbonyl (C=O) groups is 4. The number of fused-ring (bicyclic) bond motifs is 1. The fraction of sp³-hybridized carbons (Fsp3) is 0.133. The molecule has 0 aliphatic carbocycles. The van der Waals surface area contributed by atoms with Gasteiger partial charge in [0, 0.05) is 11.1 Å². The Kier molecular flexibility index (Phi) is 8.92. The van der Waals surface area contributed by atoms with Gasteiger partial charge in [0.1, 0.15) is 0 Å². The number of amides is 1. The Morgan fingerprint density at radius 3 is 1.64 bits per heavy atom. The van der Waals surface area contributed by atoms with E-state index in [1.165, 1.54) is 12.1 Å². The number of esters is 2. The van der Waals surface area contributed by atoms with Crippen LogP contribution in [-0.2, 0) is 31.4 Å². The number of carbonyl (C=O) groups excluding carboxylic acids is 3. The zero-order valence-corrected chi connectivity index (χ0v) is 22.0. The molecule has 4 rings (SSSR count). The predicted octanol–water partition coefficient (Wildman–Crippen LogP) is 6.35. The van der Waals surface area contributed by atoms with E-state index in [-0.39, 0.29) is 5.69 Å². The molecular formula is C30H19F6NO7. The summed E-state index contributed by atoms with van der Waals surface area (Å²) in [6.45, 7) is 0. The molecule has 0 fully saturated rings. The van der Waals surface area contributed by atoms with Crippen molar-refractivity contribution in [1.29, 1.82) is 0 Å². The standard InChI is InChI=1S/C30H19F6NO7/c31-29(32,33)19-10-3-8-17(14-19)27(41)43-23(25(38)37-22-13-5-7-16-6-1-2-12-21(16)22)24(26(39)40)44-28(42)18-9-4-11-20(15-18)30(34,35)36/h1-15,23-24H,(H,37,38)(H,39,40)/t23-,24+/m1/s1. The highest BCUT2D eigenvalue weighted by molar-refractivity contribution is 6.06. The van der Waals surface area contributed by atoms with Crippen LogP contribution in [0.25, 0.3) is 10.8 Å². The van der Waals surface area contributed by atoms with Crippen LogP contribution in [0.1, 0.15) is 31.8 Å². The molecule has 0 saturated carbocycles. The number of carboxylic acids is 1. The lowest BCUT2D eigenvalue weighted by molar-refractivity contribution is -0.157. The first kappa shape index (κ1) is 31.5. The summed E-state index contributed by atoms with van der Waals surface area (Å²) in [6.07, 6.45) is -14.9. The first-order valence-corrected chi connectivity index (χ1v) is 12.4. The fourth-order valence-electron chi connectivity index (χ4n) is 4.04. The van der Waals surface area contributed by atoms with Gasteiger partial charge in [-0.15, -0.1) is 0 Å². The number of ether oxygens (including phenoxy) is 2. The summed E-state index contributed by atoms with van der Waals surface area (Å²) in [7, 11) is 0. The molecule has 4 aromatic carbocycles. The number of nitrogens with one attached hydrogen (secondary N) is 1. The Balaban J connectivity index is 1.71. The molecule has 0 aliphatic heterocycles. The third-order valence-electron chi connectivity index (χ3n) is 6.14. The molecule has 44 heavy (non-hydrogen) atoms. The van der Waals surface area contributed by atoms with Gasteiger partial charge in [0.05, 0.1) is 22.3 Å². The number of aliphatic carboxylic acids is 1. The Morgan fingerprint density at radius 1 is 0.636 bits per heavy atom. The van der Waals surface area contributed by atoms with E-state index in [1.54, 1.807) is 30.3 Å². The summed E-state index contributed by atoms with van der Waals surface area (Å²) in [5, 5.41) is 13.3. The van der Waals surface area contributed by atoms with Gasteiger partial charge in [-0.2, -0.15) is 26.3 Å². The number of alkyl halides is 6. The molecule has 0 heterocycles. The molecule has 0 unspecified atom stereocenters. The van der Waals surface area contributed by atoms with Gasteiger partial charge in [-0.25, -0.2) is 14.4 Å². The minimum atomic E-state index is -4.87. The monoisotopic (exact) mass is 619 g/mol. The number of benzene rings is 4. The Hall–Kier alpha value is -5.40. The van der Waals surface area contributed by atoms with Crippen molar-refractivity contribution >= 4 is 40.3 Å². The van der Waals surface area contributed by atoms with E-state index in [9.17, 15) is 50.6 Å². The largest absolute Gasteiger partial charge is 0.478 e. The van der Waals surface area contributed by atoms with Crippen molar-refractivity contribution in [2.75, 3.05) is 5.32 Å². The average molecular weight is 619 g/mol. The number of hydrogen-bond acceptors (Lipinski definition) is 6. The molecule has 1 amide bonds. The van der Waals surface area contributed by atoms with E-state index in [4.69, 9.17) is 9.47 Å². The van der Waals surface area contributed by atoms with Crippen molar-refractivity contribution in [1.82, 2.24) is 0 Å². The van der Waals surface area contributed by atoms with Gasteiger partial charge >= 0.3 is 30.3 Å². The number of hydrogen-bond donors (Lipinski definition) is 2. The highest BCUT2D eigenvalue weighted by Gasteiger charge is 2.42. The molecule has 2 atom stereocenters. The summed E-state index contributed by atoms with van der Waals surface area (Å²) >= 11 is 0. The van der Waals surface area contributed by atoms with Crippen LogP contribution in [0.15, 0.2) is 91.0 Å². The lowest BCUT2D eigenvalue weighted by atomic mass is 10.1. The quantitative estimate of drug-likeness (QED) is 0.174. The maximum atomic E-state index is 13.4. The van der Waals surface area contributed by atoms with E-state index in [0.717, 1.165) is 24.3 Å². The molecule has 2 N–H and O–H groups in total. The van der Waals surface area contributed by atoms with Crippen molar-refractivity contribution in [3.05, 3.63) is 113 Å². The first-order valence-electron chi connectivity index (χ1n) is 12.4. The zero-order valence-electron chi connectivity index (χ0n) is 22.0. The number of anilines is 1. The SMILES string of the molecule is O=C(O[C@H](C(=O)O)[C@@H](OC(=O)c1cccc(C(F)(F)F)c1)C(=O)Nc1cccc2ccccc12)c1cccc(C(F)(F)F)c1. The molecule has 8 nitrogen and oxygen atoms in total. The van der Waals surface area contributed by atoms with Gasteiger partial charge in [-0.3, -0.25) is 4.79 Å². The summed E-state index contributed by atoms with van der Waals surface area (Å²) in [4.78, 5) is 51.3. The van der Waals surface area contributed by atoms with Crippen molar-refractivity contribution in [3.8, 4) is 0 Å². The van der Waals surface area contributed by atoms with Crippen LogP contribution in [0.2, 0.25) is 0 Å². The summed E-state index contributed by atoms with van der Waals surface area (Å²) in [5.74, 6) is -6.64. The third-order valence-corrected chi connectivity index (χ3v) is 6.14. The first-order chi connectivity index (χ1) is 20.6. The van der Waals surface area contributed by atoms with E-state index >= 15 is 0 Å². The average Bonchev–Trinajstić information content (AvgIpc) is 2.98. The predicted molar refractivity (Wildman–Crippen MR) is 142 cm³/mol. The van der Waals surface area contributed by atoms with Crippen LogP contribution in [-0.4, -0.2) is 41.1 Å². The third kappa shape index (κ3) is 7.32. The van der Waals surface area contributed by atoms with Gasteiger partial charge in [0.15, 0.2) is 0 Å². The second-order valence-electron chi connectivity index (χ2n) is 9.16. The fourth-order valence-corrected chi connectivity index (χ4v) is 4.04. The molecule has 0 aliphatic rings. The lowest BCUT2D eigenvalue weighted by Crippen LogP contribution is -2.48. The normalized spacial score (nSPS) is 13.0. The van der Waals surface area contributed by atoms with Gasteiger partial charge < -0.3 is 19.9 Å². The van der Waals surface area contributed by atoms with E-state index in [2.05, 4.69) is 5.32 Å². The summed E-state index contributed by atoms with van der Waals surface area (Å²) in [6, 6.07) is 16.8. The van der Waals surface area contributed by atoms with Crippen molar-refractivity contribution < 1.29 is 60.1 Å². The van der Waals surface area contributed by atoms with Crippen LogP contribution in [0, 0.1) is 0 Å². The second-order valence-corrected chi connectivity index (χ2v) is 9.16. The van der Waals surface area contributed by atoms with Crippen molar-refractivity contribution in [2.24, 2.45) is 0 Å². The van der Waals surface area contributed by atoms with Gasteiger partial charge in [-0.05, 0) is 47.9 Å². The van der Waals surface area contributed by atoms with Crippen LogP contribution < -0.4 is 5.32 Å². The maximum Gasteiger partial charge on any atom is 0.416 e. The van der Waals surface area contributed by atoms with Gasteiger partial charge in [0.2, 0.25) is 12.2 Å². The van der Waals surface area contributed by atoms with Crippen LogP contribution in [0.5, 0.6) is 0 Å². The van der Waals surface area contributed by atoms with E-state index < -0.39 is 70.6 Å². The van der Waals surface area contributed by atoms with Crippen LogP contribution in [0.4, 0.5) is 32.0 Å². The topological polar surface area (TPSA) is 119 Å². The molecule has 0 radical (unpaired) electrons. The van der Waals surface area contributed by atoms with Crippen molar-refractivity contribution in [3.63, 3.8) is 0 Å². The second kappa shape index (κ2) is 12.5. The van der Waals surface area contributed by atoms with E-state index in [0.29, 0.717) is 35.0 Å². The van der Waals surface area contributed by atoms with Crippen LogP contribution >= 0.6 is 0 Å². The molecule has 14 heteroatoms. The highest BCUT2D eigenvalue weighted by atomic mass is 19.4.